The summed E-state index contributed by atoms with van der Waals surface area (Å²) in [6, 6.07) is 7.41. The molecule has 1 aromatic carbocycles. The van der Waals surface area contributed by atoms with Crippen LogP contribution in [0.3, 0.4) is 0 Å². The maximum atomic E-state index is 12.2. The van der Waals surface area contributed by atoms with E-state index in [0.717, 1.165) is 5.56 Å². The smallest absolute Gasteiger partial charge is 0.324 e. The van der Waals surface area contributed by atoms with Gasteiger partial charge in [0.25, 0.3) is 0 Å². The molecule has 0 fully saturated rings. The molecule has 0 amide bonds. The molecule has 0 N–H and O–H groups in total. The van der Waals surface area contributed by atoms with Crippen LogP contribution in [-0.2, 0) is 29.9 Å². The van der Waals surface area contributed by atoms with Crippen molar-refractivity contribution < 1.29 is 23.3 Å². The van der Waals surface area contributed by atoms with Crippen molar-refractivity contribution in [3.8, 4) is 12.3 Å². The largest absolute Gasteiger partial charge is 0.468 e. The van der Waals surface area contributed by atoms with Crippen LogP contribution in [0.2, 0.25) is 0 Å². The number of ether oxygens (including phenoxy) is 2. The minimum Gasteiger partial charge on any atom is -0.468 e. The van der Waals surface area contributed by atoms with Gasteiger partial charge in [0.15, 0.2) is 5.41 Å². The van der Waals surface area contributed by atoms with E-state index in [1.165, 1.54) is 14.2 Å². The van der Waals surface area contributed by atoms with Gasteiger partial charge in [0, 0.05) is 17.1 Å². The standard InChI is InChI=1S/C19H22O5S/c1-5-12-19(17(20)23-3,18(21)24-4)13-6-7-14-25(22)16-10-8-15(2)9-11-16/h1,6-11H,12-14H2,2-4H3/b7-6+. The van der Waals surface area contributed by atoms with Crippen molar-refractivity contribution in [1.82, 2.24) is 0 Å². The van der Waals surface area contributed by atoms with Gasteiger partial charge in [-0.1, -0.05) is 29.8 Å². The molecule has 134 valence electrons. The Morgan fingerprint density at radius 1 is 1.16 bits per heavy atom. The third-order valence-corrected chi connectivity index (χ3v) is 5.01. The zero-order valence-electron chi connectivity index (χ0n) is 14.6. The summed E-state index contributed by atoms with van der Waals surface area (Å²) < 4.78 is 21.7. The number of allylic oxidation sites excluding steroid dienone is 1. The van der Waals surface area contributed by atoms with E-state index in [4.69, 9.17) is 15.9 Å². The van der Waals surface area contributed by atoms with Crippen molar-refractivity contribution in [2.24, 2.45) is 5.41 Å². The number of carbonyl (C=O) groups excluding carboxylic acids is 2. The molecule has 0 spiro atoms. The van der Waals surface area contributed by atoms with Crippen LogP contribution in [0, 0.1) is 24.7 Å². The van der Waals surface area contributed by atoms with E-state index in [0.29, 0.717) is 4.90 Å². The molecule has 1 aromatic rings. The Bertz CT molecular complexity index is 682. The lowest BCUT2D eigenvalue weighted by Gasteiger charge is -2.24. The molecule has 0 aliphatic heterocycles. The number of esters is 2. The minimum atomic E-state index is -1.58. The molecular formula is C19H22O5S. The fraction of sp³-hybridized carbons (Fsp3) is 0.368. The van der Waals surface area contributed by atoms with Gasteiger partial charge in [-0.25, -0.2) is 0 Å². The van der Waals surface area contributed by atoms with E-state index in [-0.39, 0.29) is 18.6 Å². The Morgan fingerprint density at radius 2 is 1.72 bits per heavy atom. The quantitative estimate of drug-likeness (QED) is 0.307. The van der Waals surface area contributed by atoms with E-state index in [1.54, 1.807) is 12.2 Å². The topological polar surface area (TPSA) is 69.7 Å². The van der Waals surface area contributed by atoms with Crippen molar-refractivity contribution in [2.45, 2.75) is 24.7 Å². The second-order valence-corrected chi connectivity index (χ2v) is 6.94. The zero-order chi connectivity index (χ0) is 18.9. The van der Waals surface area contributed by atoms with Crippen molar-refractivity contribution >= 4 is 22.7 Å². The molecule has 5 nitrogen and oxygen atoms in total. The lowest BCUT2D eigenvalue weighted by atomic mass is 9.81. The van der Waals surface area contributed by atoms with Crippen molar-refractivity contribution in [2.75, 3.05) is 20.0 Å². The highest BCUT2D eigenvalue weighted by Gasteiger charge is 2.46. The molecule has 1 rings (SSSR count). The minimum absolute atomic E-state index is 0.0155. The predicted octanol–water partition coefficient (Wildman–Crippen LogP) is 2.40. The van der Waals surface area contributed by atoms with Gasteiger partial charge < -0.3 is 9.47 Å². The number of carbonyl (C=O) groups is 2. The third kappa shape index (κ3) is 5.30. The van der Waals surface area contributed by atoms with Crippen LogP contribution in [0.1, 0.15) is 18.4 Å². The molecule has 0 saturated heterocycles. The molecule has 0 heterocycles. The molecule has 25 heavy (non-hydrogen) atoms. The highest BCUT2D eigenvalue weighted by atomic mass is 32.2. The van der Waals surface area contributed by atoms with Crippen LogP contribution in [-0.4, -0.2) is 36.1 Å². The molecule has 1 atom stereocenters. The van der Waals surface area contributed by atoms with Gasteiger partial charge >= 0.3 is 11.9 Å². The van der Waals surface area contributed by atoms with Crippen LogP contribution in [0.25, 0.3) is 0 Å². The van der Waals surface area contributed by atoms with E-state index >= 15 is 0 Å². The lowest BCUT2D eigenvalue weighted by Crippen LogP contribution is -2.40. The Kier molecular flexibility index (Phi) is 8.09. The first kappa shape index (κ1) is 20.7. The number of methoxy groups -OCH3 is 2. The maximum absolute atomic E-state index is 12.2. The summed E-state index contributed by atoms with van der Waals surface area (Å²) in [6.07, 6.45) is 8.44. The fourth-order valence-corrected chi connectivity index (χ4v) is 3.20. The second-order valence-electron chi connectivity index (χ2n) is 5.45. The predicted molar refractivity (Wildman–Crippen MR) is 96.1 cm³/mol. The number of aryl methyl sites for hydroxylation is 1. The van der Waals surface area contributed by atoms with Gasteiger partial charge in [-0.3, -0.25) is 13.8 Å². The SMILES string of the molecule is C#CCC(C/C=C/CS(=O)c1ccc(C)cc1)(C(=O)OC)C(=O)OC. The first-order chi connectivity index (χ1) is 11.9. The summed E-state index contributed by atoms with van der Waals surface area (Å²) in [7, 11) is 1.17. The Balaban J connectivity index is 2.85. The highest BCUT2D eigenvalue weighted by molar-refractivity contribution is 7.85. The average molecular weight is 362 g/mol. The van der Waals surface area contributed by atoms with E-state index < -0.39 is 28.2 Å². The molecule has 0 aromatic heterocycles. The van der Waals surface area contributed by atoms with Crippen LogP contribution in [0.4, 0.5) is 0 Å². The monoisotopic (exact) mass is 362 g/mol. The number of hydrogen-bond acceptors (Lipinski definition) is 5. The molecule has 0 aliphatic rings. The summed E-state index contributed by atoms with van der Waals surface area (Å²) >= 11 is 0. The van der Waals surface area contributed by atoms with Crippen LogP contribution in [0.15, 0.2) is 41.3 Å². The van der Waals surface area contributed by atoms with Crippen LogP contribution < -0.4 is 0 Å². The number of rotatable bonds is 8. The normalized spacial score (nSPS) is 12.4. The zero-order valence-corrected chi connectivity index (χ0v) is 15.4. The van der Waals surface area contributed by atoms with E-state index in [1.807, 2.05) is 31.2 Å². The summed E-state index contributed by atoms with van der Waals surface area (Å²) in [5, 5.41) is 0. The van der Waals surface area contributed by atoms with Crippen LogP contribution >= 0.6 is 0 Å². The van der Waals surface area contributed by atoms with Gasteiger partial charge in [-0.2, -0.15) is 0 Å². The first-order valence-electron chi connectivity index (χ1n) is 7.61. The van der Waals surface area contributed by atoms with Gasteiger partial charge in [-0.05, 0) is 25.5 Å². The summed E-state index contributed by atoms with van der Waals surface area (Å²) in [5.74, 6) is 1.09. The Labute approximate surface area is 150 Å². The highest BCUT2D eigenvalue weighted by Crippen LogP contribution is 2.30. The van der Waals surface area contributed by atoms with Crippen LogP contribution in [0.5, 0.6) is 0 Å². The van der Waals surface area contributed by atoms with Crippen molar-refractivity contribution in [3.05, 3.63) is 42.0 Å². The van der Waals surface area contributed by atoms with Gasteiger partial charge in [0.05, 0.1) is 25.0 Å². The number of hydrogen-bond donors (Lipinski definition) is 0. The Morgan fingerprint density at radius 3 is 2.20 bits per heavy atom. The van der Waals surface area contributed by atoms with Gasteiger partial charge in [-0.15, -0.1) is 12.3 Å². The van der Waals surface area contributed by atoms with Crippen molar-refractivity contribution in [3.63, 3.8) is 0 Å². The fourth-order valence-electron chi connectivity index (χ4n) is 2.26. The molecule has 6 heteroatoms. The first-order valence-corrected chi connectivity index (χ1v) is 8.93. The van der Waals surface area contributed by atoms with Crippen molar-refractivity contribution in [1.29, 1.82) is 0 Å². The molecular weight excluding hydrogens is 340 g/mol. The average Bonchev–Trinajstić information content (AvgIpc) is 2.63. The second kappa shape index (κ2) is 9.80. The molecule has 1 unspecified atom stereocenters. The number of benzene rings is 1. The third-order valence-electron chi connectivity index (χ3n) is 3.72. The van der Waals surface area contributed by atoms with E-state index in [9.17, 15) is 13.8 Å². The summed E-state index contributed by atoms with van der Waals surface area (Å²) in [4.78, 5) is 24.9. The Hall–Kier alpha value is -2.39. The van der Waals surface area contributed by atoms with E-state index in [2.05, 4.69) is 5.92 Å². The molecule has 0 aliphatic carbocycles. The maximum Gasteiger partial charge on any atom is 0.324 e. The number of terminal acetylenes is 1. The molecule has 0 saturated carbocycles. The van der Waals surface area contributed by atoms with Gasteiger partial charge in [0.1, 0.15) is 0 Å². The molecule has 0 bridgehead atoms. The van der Waals surface area contributed by atoms with Gasteiger partial charge in [0.2, 0.25) is 0 Å². The summed E-state index contributed by atoms with van der Waals surface area (Å²) in [6.45, 7) is 1.96. The molecule has 0 radical (unpaired) electrons. The lowest BCUT2D eigenvalue weighted by molar-refractivity contribution is -0.168. The summed E-state index contributed by atoms with van der Waals surface area (Å²) in [5.41, 5.74) is -0.494.